The zero-order chi connectivity index (χ0) is 11.5. The third-order valence-corrected chi connectivity index (χ3v) is 1.75. The summed E-state index contributed by atoms with van der Waals surface area (Å²) in [6, 6.07) is 3.08. The van der Waals surface area contributed by atoms with Crippen LogP contribution in [0.15, 0.2) is 18.2 Å². The molecule has 0 aliphatic rings. The normalized spacial score (nSPS) is 11.5. The number of ether oxygens (including phenoxy) is 1. The number of alkyl halides is 3. The molecule has 0 bridgehead atoms. The van der Waals surface area contributed by atoms with Gasteiger partial charge in [0.2, 0.25) is 0 Å². The number of aromatic hydroxyl groups is 1. The van der Waals surface area contributed by atoms with Crippen molar-refractivity contribution in [2.45, 2.75) is 19.5 Å². The summed E-state index contributed by atoms with van der Waals surface area (Å²) in [7, 11) is 0. The number of hydrogen-bond acceptors (Lipinski definition) is 2. The van der Waals surface area contributed by atoms with Crippen LogP contribution in [0.4, 0.5) is 13.2 Å². The van der Waals surface area contributed by atoms with E-state index in [4.69, 9.17) is 9.84 Å². The molecule has 1 N–H and O–H groups in total. The predicted molar refractivity (Wildman–Crippen MR) is 48.9 cm³/mol. The smallest absolute Gasteiger partial charge is 0.420 e. The molecule has 84 valence electrons. The minimum atomic E-state index is -4.56. The lowest BCUT2D eigenvalue weighted by atomic mass is 10.2. The SMILES string of the molecule is CCCOc1ccc(O)c(C(F)(F)F)c1. The van der Waals surface area contributed by atoms with Crippen molar-refractivity contribution in [3.8, 4) is 11.5 Å². The minimum absolute atomic E-state index is 0.113. The van der Waals surface area contributed by atoms with Gasteiger partial charge in [-0.2, -0.15) is 13.2 Å². The topological polar surface area (TPSA) is 29.5 Å². The summed E-state index contributed by atoms with van der Waals surface area (Å²) in [6.45, 7) is 2.20. The molecule has 0 aliphatic heterocycles. The van der Waals surface area contributed by atoms with Gasteiger partial charge >= 0.3 is 6.18 Å². The van der Waals surface area contributed by atoms with E-state index in [0.29, 0.717) is 13.0 Å². The second-order valence-corrected chi connectivity index (χ2v) is 3.03. The van der Waals surface area contributed by atoms with Gasteiger partial charge in [-0.1, -0.05) is 6.92 Å². The van der Waals surface area contributed by atoms with E-state index in [2.05, 4.69) is 0 Å². The van der Waals surface area contributed by atoms with E-state index >= 15 is 0 Å². The maximum absolute atomic E-state index is 12.3. The van der Waals surface area contributed by atoms with E-state index in [1.165, 1.54) is 6.07 Å². The molecule has 0 radical (unpaired) electrons. The summed E-state index contributed by atoms with van der Waals surface area (Å²) in [5.41, 5.74) is -1.07. The number of halogens is 3. The van der Waals surface area contributed by atoms with E-state index in [0.717, 1.165) is 12.1 Å². The quantitative estimate of drug-likeness (QED) is 0.847. The van der Waals surface area contributed by atoms with Gasteiger partial charge in [0, 0.05) is 0 Å². The number of hydrogen-bond donors (Lipinski definition) is 1. The van der Waals surface area contributed by atoms with Gasteiger partial charge in [-0.05, 0) is 24.6 Å². The molecule has 0 atom stereocenters. The molecule has 1 rings (SSSR count). The van der Waals surface area contributed by atoms with Crippen LogP contribution in [0.5, 0.6) is 11.5 Å². The Morgan fingerprint density at radius 1 is 1.33 bits per heavy atom. The highest BCUT2D eigenvalue weighted by molar-refractivity contribution is 5.41. The van der Waals surface area contributed by atoms with Crippen LogP contribution in [0.25, 0.3) is 0 Å². The van der Waals surface area contributed by atoms with Gasteiger partial charge in [-0.25, -0.2) is 0 Å². The molecule has 0 spiro atoms. The summed E-state index contributed by atoms with van der Waals surface area (Å²) in [5, 5.41) is 9.02. The maximum Gasteiger partial charge on any atom is 0.420 e. The van der Waals surface area contributed by atoms with Gasteiger partial charge in [0.05, 0.1) is 6.61 Å². The van der Waals surface area contributed by atoms with Gasteiger partial charge in [0.1, 0.15) is 17.1 Å². The van der Waals surface area contributed by atoms with Gasteiger partial charge in [-0.3, -0.25) is 0 Å². The van der Waals surface area contributed by atoms with Crippen molar-refractivity contribution in [3.63, 3.8) is 0 Å². The average Bonchev–Trinajstić information content (AvgIpc) is 2.15. The molecule has 0 unspecified atom stereocenters. The van der Waals surface area contributed by atoms with Crippen LogP contribution in [-0.2, 0) is 6.18 Å². The predicted octanol–water partition coefficient (Wildman–Crippen LogP) is 3.20. The Morgan fingerprint density at radius 2 is 2.00 bits per heavy atom. The second-order valence-electron chi connectivity index (χ2n) is 3.03. The molecule has 0 saturated carbocycles. The number of phenolic OH excluding ortho intramolecular Hbond substituents is 1. The molecule has 5 heteroatoms. The zero-order valence-corrected chi connectivity index (χ0v) is 8.14. The van der Waals surface area contributed by atoms with Crippen molar-refractivity contribution in [2.24, 2.45) is 0 Å². The van der Waals surface area contributed by atoms with Crippen LogP contribution in [0, 0.1) is 0 Å². The van der Waals surface area contributed by atoms with Crippen molar-refractivity contribution in [3.05, 3.63) is 23.8 Å². The van der Waals surface area contributed by atoms with Crippen LogP contribution < -0.4 is 4.74 Å². The average molecular weight is 220 g/mol. The highest BCUT2D eigenvalue weighted by Crippen LogP contribution is 2.37. The fourth-order valence-electron chi connectivity index (χ4n) is 1.05. The van der Waals surface area contributed by atoms with Crippen molar-refractivity contribution in [1.29, 1.82) is 0 Å². The highest BCUT2D eigenvalue weighted by atomic mass is 19.4. The van der Waals surface area contributed by atoms with E-state index in [1.807, 2.05) is 6.92 Å². The Bertz CT molecular complexity index is 334. The van der Waals surface area contributed by atoms with Crippen LogP contribution in [-0.4, -0.2) is 11.7 Å². The van der Waals surface area contributed by atoms with E-state index in [-0.39, 0.29) is 5.75 Å². The number of phenols is 1. The Hall–Kier alpha value is -1.39. The summed E-state index contributed by atoms with van der Waals surface area (Å²) < 4.78 is 42.0. The Kier molecular flexibility index (Phi) is 3.44. The third kappa shape index (κ3) is 3.04. The van der Waals surface area contributed by atoms with Crippen LogP contribution in [0.1, 0.15) is 18.9 Å². The molecule has 1 aromatic rings. The first kappa shape index (κ1) is 11.7. The Balaban J connectivity index is 2.95. The zero-order valence-electron chi connectivity index (χ0n) is 8.14. The molecule has 0 aliphatic carbocycles. The fraction of sp³-hybridized carbons (Fsp3) is 0.400. The second kappa shape index (κ2) is 4.42. The lowest BCUT2D eigenvalue weighted by Crippen LogP contribution is -2.06. The summed E-state index contributed by atoms with van der Waals surface area (Å²) in [4.78, 5) is 0. The molecule has 1 aromatic carbocycles. The van der Waals surface area contributed by atoms with Crippen LogP contribution in [0.2, 0.25) is 0 Å². The van der Waals surface area contributed by atoms with Gasteiger partial charge in [0.15, 0.2) is 0 Å². The minimum Gasteiger partial charge on any atom is -0.507 e. The Morgan fingerprint density at radius 3 is 2.53 bits per heavy atom. The first-order valence-electron chi connectivity index (χ1n) is 4.48. The molecule has 15 heavy (non-hydrogen) atoms. The summed E-state index contributed by atoms with van der Waals surface area (Å²) in [5.74, 6) is -0.673. The molecular formula is C10H11F3O2. The Labute approximate surface area is 85.3 Å². The van der Waals surface area contributed by atoms with Gasteiger partial charge in [0.25, 0.3) is 0 Å². The van der Waals surface area contributed by atoms with Gasteiger partial charge < -0.3 is 9.84 Å². The molecule has 0 heterocycles. The first-order chi connectivity index (χ1) is 6.95. The molecule has 2 nitrogen and oxygen atoms in total. The van der Waals surface area contributed by atoms with Crippen LogP contribution in [0.3, 0.4) is 0 Å². The van der Waals surface area contributed by atoms with E-state index < -0.39 is 17.5 Å². The summed E-state index contributed by atoms with van der Waals surface area (Å²) in [6.07, 6.45) is -3.85. The maximum atomic E-state index is 12.3. The number of rotatable bonds is 3. The molecular weight excluding hydrogens is 209 g/mol. The molecule has 0 saturated heterocycles. The van der Waals surface area contributed by atoms with E-state index in [1.54, 1.807) is 0 Å². The van der Waals surface area contributed by atoms with Crippen molar-refractivity contribution in [2.75, 3.05) is 6.61 Å². The lowest BCUT2D eigenvalue weighted by molar-refractivity contribution is -0.138. The summed E-state index contributed by atoms with van der Waals surface area (Å²) >= 11 is 0. The van der Waals surface area contributed by atoms with Gasteiger partial charge in [-0.15, -0.1) is 0 Å². The number of benzene rings is 1. The first-order valence-corrected chi connectivity index (χ1v) is 4.48. The van der Waals surface area contributed by atoms with Crippen molar-refractivity contribution >= 4 is 0 Å². The monoisotopic (exact) mass is 220 g/mol. The lowest BCUT2D eigenvalue weighted by Gasteiger charge is -2.11. The largest absolute Gasteiger partial charge is 0.507 e. The third-order valence-electron chi connectivity index (χ3n) is 1.75. The van der Waals surface area contributed by atoms with Crippen molar-refractivity contribution < 1.29 is 23.0 Å². The fourth-order valence-corrected chi connectivity index (χ4v) is 1.05. The molecule has 0 amide bonds. The highest BCUT2D eigenvalue weighted by Gasteiger charge is 2.34. The van der Waals surface area contributed by atoms with E-state index in [9.17, 15) is 13.2 Å². The standard InChI is InChI=1S/C10H11F3O2/c1-2-5-15-7-3-4-9(14)8(6-7)10(11,12)13/h3-4,6,14H,2,5H2,1H3. The van der Waals surface area contributed by atoms with Crippen molar-refractivity contribution in [1.82, 2.24) is 0 Å². The molecule has 0 fully saturated rings. The van der Waals surface area contributed by atoms with Crippen LogP contribution >= 0.6 is 0 Å². The molecule has 0 aromatic heterocycles.